The molecule has 0 aliphatic carbocycles. The van der Waals surface area contributed by atoms with Gasteiger partial charge in [0.05, 0.1) is 6.54 Å². The van der Waals surface area contributed by atoms with E-state index in [0.717, 1.165) is 0 Å². The number of aromatic nitrogens is 3. The molecule has 1 heterocycles. The highest BCUT2D eigenvalue weighted by Gasteiger charge is 2.06. The molecule has 0 saturated carbocycles. The zero-order valence-electron chi connectivity index (χ0n) is 7.80. The average Bonchev–Trinajstić information content (AvgIpc) is 2.71. The summed E-state index contributed by atoms with van der Waals surface area (Å²) in [6.45, 7) is 0.165. The standard InChI is InChI=1S/C10H8FN3O/c11-9-3-1-8(2-4-9)10(15)5-14-6-12-13-7-14/h1-4,6-7H,5H2. The molecule has 2 rings (SSSR count). The normalized spacial score (nSPS) is 10.2. The van der Waals surface area contributed by atoms with Gasteiger partial charge in [0.1, 0.15) is 18.5 Å². The van der Waals surface area contributed by atoms with E-state index in [9.17, 15) is 9.18 Å². The molecule has 5 heteroatoms. The van der Waals surface area contributed by atoms with E-state index in [1.165, 1.54) is 36.9 Å². The Morgan fingerprint density at radius 2 is 1.80 bits per heavy atom. The van der Waals surface area contributed by atoms with Crippen LogP contribution in [0.25, 0.3) is 0 Å². The number of carbonyl (C=O) groups is 1. The minimum Gasteiger partial charge on any atom is -0.312 e. The molecule has 0 saturated heterocycles. The molecule has 0 unspecified atom stereocenters. The van der Waals surface area contributed by atoms with E-state index in [1.54, 1.807) is 4.57 Å². The fourth-order valence-electron chi connectivity index (χ4n) is 1.20. The number of nitrogens with zero attached hydrogens (tertiary/aromatic N) is 3. The van der Waals surface area contributed by atoms with Crippen LogP contribution < -0.4 is 0 Å². The summed E-state index contributed by atoms with van der Waals surface area (Å²) in [5.74, 6) is -0.453. The van der Waals surface area contributed by atoms with Crippen LogP contribution in [0, 0.1) is 5.82 Å². The highest BCUT2D eigenvalue weighted by molar-refractivity contribution is 5.95. The Bertz CT molecular complexity index is 450. The molecule has 2 aromatic rings. The Morgan fingerprint density at radius 1 is 1.20 bits per heavy atom. The largest absolute Gasteiger partial charge is 0.312 e. The fourth-order valence-corrected chi connectivity index (χ4v) is 1.20. The molecular formula is C10H8FN3O. The second kappa shape index (κ2) is 4.00. The molecule has 0 aliphatic rings. The van der Waals surface area contributed by atoms with Crippen molar-refractivity contribution in [3.63, 3.8) is 0 Å². The van der Waals surface area contributed by atoms with Crippen molar-refractivity contribution in [1.29, 1.82) is 0 Å². The lowest BCUT2D eigenvalue weighted by atomic mass is 10.1. The summed E-state index contributed by atoms with van der Waals surface area (Å²) in [5, 5.41) is 7.17. The van der Waals surface area contributed by atoms with E-state index in [-0.39, 0.29) is 18.1 Å². The summed E-state index contributed by atoms with van der Waals surface area (Å²) in [4.78, 5) is 11.6. The second-order valence-electron chi connectivity index (χ2n) is 3.06. The first-order valence-corrected chi connectivity index (χ1v) is 4.37. The number of halogens is 1. The molecule has 0 N–H and O–H groups in total. The van der Waals surface area contributed by atoms with Gasteiger partial charge < -0.3 is 4.57 Å². The summed E-state index contributed by atoms with van der Waals surface area (Å²) in [6, 6.07) is 5.45. The van der Waals surface area contributed by atoms with E-state index >= 15 is 0 Å². The summed E-state index contributed by atoms with van der Waals surface area (Å²) >= 11 is 0. The van der Waals surface area contributed by atoms with Crippen LogP contribution in [0.3, 0.4) is 0 Å². The van der Waals surface area contributed by atoms with Gasteiger partial charge in [0.15, 0.2) is 5.78 Å². The highest BCUT2D eigenvalue weighted by Crippen LogP contribution is 2.04. The van der Waals surface area contributed by atoms with Crippen molar-refractivity contribution in [2.24, 2.45) is 0 Å². The third kappa shape index (κ3) is 2.25. The number of ketones is 1. The van der Waals surface area contributed by atoms with Crippen molar-refractivity contribution in [3.8, 4) is 0 Å². The van der Waals surface area contributed by atoms with Gasteiger partial charge in [-0.2, -0.15) is 0 Å². The number of hydrogen-bond donors (Lipinski definition) is 0. The number of hydrogen-bond acceptors (Lipinski definition) is 3. The zero-order chi connectivity index (χ0) is 10.7. The molecule has 15 heavy (non-hydrogen) atoms. The molecule has 0 bridgehead atoms. The number of carbonyl (C=O) groups excluding carboxylic acids is 1. The minimum absolute atomic E-state index is 0.102. The van der Waals surface area contributed by atoms with Gasteiger partial charge in [-0.25, -0.2) is 4.39 Å². The number of benzene rings is 1. The van der Waals surface area contributed by atoms with Gasteiger partial charge in [0.25, 0.3) is 0 Å². The molecule has 4 nitrogen and oxygen atoms in total. The Balaban J connectivity index is 2.11. The van der Waals surface area contributed by atoms with Crippen molar-refractivity contribution in [2.45, 2.75) is 6.54 Å². The van der Waals surface area contributed by atoms with Gasteiger partial charge in [-0.05, 0) is 24.3 Å². The zero-order valence-corrected chi connectivity index (χ0v) is 7.80. The smallest absolute Gasteiger partial charge is 0.182 e. The van der Waals surface area contributed by atoms with E-state index < -0.39 is 0 Å². The molecule has 0 aliphatic heterocycles. The van der Waals surface area contributed by atoms with Gasteiger partial charge in [-0.1, -0.05) is 0 Å². The topological polar surface area (TPSA) is 47.8 Å². The third-order valence-corrected chi connectivity index (χ3v) is 1.96. The minimum atomic E-state index is -0.351. The number of rotatable bonds is 3. The summed E-state index contributed by atoms with van der Waals surface area (Å²) < 4.78 is 14.2. The Morgan fingerprint density at radius 3 is 2.40 bits per heavy atom. The SMILES string of the molecule is O=C(Cn1cnnc1)c1ccc(F)cc1. The van der Waals surface area contributed by atoms with E-state index in [4.69, 9.17) is 0 Å². The fraction of sp³-hybridized carbons (Fsp3) is 0.100. The van der Waals surface area contributed by atoms with Crippen LogP contribution in [-0.2, 0) is 6.54 Å². The maximum absolute atomic E-state index is 12.6. The van der Waals surface area contributed by atoms with E-state index in [0.29, 0.717) is 5.56 Å². The van der Waals surface area contributed by atoms with Crippen LogP contribution in [0.2, 0.25) is 0 Å². The summed E-state index contributed by atoms with van der Waals surface area (Å²) in [7, 11) is 0. The average molecular weight is 205 g/mol. The highest BCUT2D eigenvalue weighted by atomic mass is 19.1. The first kappa shape index (κ1) is 9.51. The Labute approximate surface area is 85.4 Å². The van der Waals surface area contributed by atoms with Gasteiger partial charge in [0.2, 0.25) is 0 Å². The van der Waals surface area contributed by atoms with Gasteiger partial charge in [0, 0.05) is 5.56 Å². The quantitative estimate of drug-likeness (QED) is 0.709. The van der Waals surface area contributed by atoms with E-state index in [2.05, 4.69) is 10.2 Å². The van der Waals surface area contributed by atoms with Crippen molar-refractivity contribution < 1.29 is 9.18 Å². The molecule has 1 aromatic carbocycles. The lowest BCUT2D eigenvalue weighted by Gasteiger charge is -2.00. The predicted octanol–water partition coefficient (Wildman–Crippen LogP) is 1.30. The predicted molar refractivity (Wildman–Crippen MR) is 50.8 cm³/mol. The van der Waals surface area contributed by atoms with Gasteiger partial charge >= 0.3 is 0 Å². The first-order chi connectivity index (χ1) is 7.25. The number of Topliss-reactive ketones (excluding diaryl/α,β-unsaturated/α-hetero) is 1. The molecular weight excluding hydrogens is 197 g/mol. The van der Waals surface area contributed by atoms with Gasteiger partial charge in [-0.3, -0.25) is 4.79 Å². The van der Waals surface area contributed by atoms with Crippen LogP contribution >= 0.6 is 0 Å². The van der Waals surface area contributed by atoms with Crippen LogP contribution in [0.5, 0.6) is 0 Å². The molecule has 0 radical (unpaired) electrons. The van der Waals surface area contributed by atoms with Crippen LogP contribution in [-0.4, -0.2) is 20.5 Å². The molecule has 0 amide bonds. The summed E-state index contributed by atoms with van der Waals surface area (Å²) in [6.07, 6.45) is 2.92. The van der Waals surface area contributed by atoms with Gasteiger partial charge in [-0.15, -0.1) is 10.2 Å². The van der Waals surface area contributed by atoms with Crippen LogP contribution in [0.15, 0.2) is 36.9 Å². The van der Waals surface area contributed by atoms with Crippen molar-refractivity contribution in [3.05, 3.63) is 48.3 Å². The third-order valence-electron chi connectivity index (χ3n) is 1.96. The van der Waals surface area contributed by atoms with Crippen molar-refractivity contribution in [2.75, 3.05) is 0 Å². The van der Waals surface area contributed by atoms with Crippen LogP contribution in [0.4, 0.5) is 4.39 Å². The molecule has 0 fully saturated rings. The maximum Gasteiger partial charge on any atom is 0.182 e. The Kier molecular flexibility index (Phi) is 2.53. The first-order valence-electron chi connectivity index (χ1n) is 4.37. The molecule has 1 aromatic heterocycles. The maximum atomic E-state index is 12.6. The van der Waals surface area contributed by atoms with Crippen molar-refractivity contribution >= 4 is 5.78 Å². The van der Waals surface area contributed by atoms with Crippen molar-refractivity contribution in [1.82, 2.24) is 14.8 Å². The lowest BCUT2D eigenvalue weighted by Crippen LogP contribution is -2.08. The molecule has 0 atom stereocenters. The molecule has 0 spiro atoms. The monoisotopic (exact) mass is 205 g/mol. The van der Waals surface area contributed by atoms with E-state index in [1.807, 2.05) is 0 Å². The molecule has 76 valence electrons. The second-order valence-corrected chi connectivity index (χ2v) is 3.06. The lowest BCUT2D eigenvalue weighted by molar-refractivity contribution is 0.0972. The summed E-state index contributed by atoms with van der Waals surface area (Å²) in [5.41, 5.74) is 0.477. The Hall–Kier alpha value is -2.04. The van der Waals surface area contributed by atoms with Crippen LogP contribution in [0.1, 0.15) is 10.4 Å².